The summed E-state index contributed by atoms with van der Waals surface area (Å²) in [4.78, 5) is 61.8. The van der Waals surface area contributed by atoms with Crippen LogP contribution in [0, 0.1) is 29.1 Å². The van der Waals surface area contributed by atoms with Gasteiger partial charge in [0.25, 0.3) is 0 Å². The maximum absolute atomic E-state index is 14.5. The number of phenolic OH excluding ortho intramolecular Hbond substituents is 1. The molecule has 3 aliphatic heterocycles. The second kappa shape index (κ2) is 11.1. The van der Waals surface area contributed by atoms with Crippen LogP contribution in [0.3, 0.4) is 0 Å². The molecular formula is C37H34ClN3O6. The highest BCUT2D eigenvalue weighted by molar-refractivity contribution is 6.30. The number of fused-ring (bicyclic) bond motifs is 4. The molecule has 3 saturated heterocycles. The molecule has 47 heavy (non-hydrogen) atoms. The Morgan fingerprint density at radius 2 is 1.49 bits per heavy atom. The van der Waals surface area contributed by atoms with Crippen molar-refractivity contribution < 1.29 is 29.0 Å². The van der Waals surface area contributed by atoms with Gasteiger partial charge in [-0.15, -0.1) is 0 Å². The van der Waals surface area contributed by atoms with Gasteiger partial charge in [0.05, 0.1) is 47.8 Å². The number of hydrogen-bond acceptors (Lipinski definition) is 7. The number of para-hydroxylation sites is 1. The first-order valence-electron chi connectivity index (χ1n) is 16.1. The van der Waals surface area contributed by atoms with E-state index in [0.717, 1.165) is 24.4 Å². The lowest BCUT2D eigenvalue weighted by Crippen LogP contribution is -2.48. The number of rotatable bonds is 4. The maximum atomic E-state index is 14.5. The van der Waals surface area contributed by atoms with Gasteiger partial charge < -0.3 is 14.7 Å². The van der Waals surface area contributed by atoms with E-state index < -0.39 is 35.0 Å². The van der Waals surface area contributed by atoms with Gasteiger partial charge in [-0.25, -0.2) is 4.90 Å². The first-order chi connectivity index (χ1) is 22.7. The third-order valence-corrected chi connectivity index (χ3v) is 11.3. The Balaban J connectivity index is 1.20. The Bertz CT molecular complexity index is 1840. The number of nitrogens with zero attached hydrogens (tertiary/aromatic N) is 3. The van der Waals surface area contributed by atoms with Crippen LogP contribution in [0.25, 0.3) is 0 Å². The Kier molecular flexibility index (Phi) is 7.04. The monoisotopic (exact) mass is 651 g/mol. The van der Waals surface area contributed by atoms with Gasteiger partial charge in [0.15, 0.2) is 0 Å². The number of aromatic hydroxyl groups is 1. The number of halogens is 1. The van der Waals surface area contributed by atoms with Gasteiger partial charge >= 0.3 is 0 Å². The van der Waals surface area contributed by atoms with Crippen molar-refractivity contribution in [2.75, 3.05) is 41.0 Å². The molecule has 1 N–H and O–H groups in total. The van der Waals surface area contributed by atoms with Crippen LogP contribution in [0.4, 0.5) is 17.1 Å². The molecule has 2 aliphatic carbocycles. The molecular weight excluding hydrogens is 618 g/mol. The van der Waals surface area contributed by atoms with Crippen molar-refractivity contribution in [3.63, 3.8) is 0 Å². The summed E-state index contributed by atoms with van der Waals surface area (Å²) in [5, 5.41) is 11.6. The van der Waals surface area contributed by atoms with Crippen LogP contribution in [0.1, 0.15) is 31.2 Å². The number of allylic oxidation sites excluding steroid dienone is 2. The molecule has 0 radical (unpaired) electrons. The Labute approximate surface area is 277 Å². The van der Waals surface area contributed by atoms with Crippen LogP contribution in [-0.2, 0) is 23.9 Å². The molecule has 0 spiro atoms. The van der Waals surface area contributed by atoms with Crippen molar-refractivity contribution in [3.05, 3.63) is 95.0 Å². The lowest BCUT2D eigenvalue weighted by atomic mass is 9.51. The van der Waals surface area contributed by atoms with Crippen molar-refractivity contribution in [2.45, 2.75) is 25.7 Å². The van der Waals surface area contributed by atoms with Crippen LogP contribution < -0.4 is 14.7 Å². The third-order valence-electron chi connectivity index (χ3n) is 11.1. The van der Waals surface area contributed by atoms with E-state index >= 15 is 0 Å². The second-order valence-electron chi connectivity index (χ2n) is 13.3. The summed E-state index contributed by atoms with van der Waals surface area (Å²) in [6.45, 7) is 4.63. The maximum Gasteiger partial charge on any atom is 0.241 e. The van der Waals surface area contributed by atoms with Crippen LogP contribution in [0.5, 0.6) is 5.75 Å². The van der Waals surface area contributed by atoms with Crippen molar-refractivity contribution in [2.24, 2.45) is 29.1 Å². The van der Waals surface area contributed by atoms with E-state index in [0.29, 0.717) is 41.6 Å². The number of carbonyl (C=O) groups excluding carboxylic acids is 4. The number of ether oxygens (including phenoxy) is 1. The number of morpholine rings is 1. The molecule has 10 heteroatoms. The van der Waals surface area contributed by atoms with Crippen LogP contribution in [0.2, 0.25) is 5.02 Å². The smallest absolute Gasteiger partial charge is 0.241 e. The first kappa shape index (κ1) is 29.9. The average Bonchev–Trinajstić information content (AvgIpc) is 3.46. The normalized spacial score (nSPS) is 30.3. The van der Waals surface area contributed by atoms with Crippen molar-refractivity contribution in [1.29, 1.82) is 0 Å². The number of amides is 4. The third kappa shape index (κ3) is 4.39. The Morgan fingerprint density at radius 1 is 0.809 bits per heavy atom. The number of hydrogen-bond donors (Lipinski definition) is 1. The van der Waals surface area contributed by atoms with Gasteiger partial charge in [0, 0.05) is 35.3 Å². The highest BCUT2D eigenvalue weighted by atomic mass is 35.5. The fourth-order valence-corrected chi connectivity index (χ4v) is 9.01. The van der Waals surface area contributed by atoms with Crippen molar-refractivity contribution in [3.8, 4) is 5.75 Å². The molecule has 0 unspecified atom stereocenters. The quantitative estimate of drug-likeness (QED) is 0.301. The summed E-state index contributed by atoms with van der Waals surface area (Å²) >= 11 is 6.46. The van der Waals surface area contributed by atoms with Gasteiger partial charge in [-0.3, -0.25) is 24.1 Å². The molecule has 4 fully saturated rings. The van der Waals surface area contributed by atoms with Crippen LogP contribution in [0.15, 0.2) is 84.4 Å². The van der Waals surface area contributed by atoms with Gasteiger partial charge in [-0.05, 0) is 80.3 Å². The van der Waals surface area contributed by atoms with Crippen LogP contribution in [-0.4, -0.2) is 55.0 Å². The number of anilines is 3. The summed E-state index contributed by atoms with van der Waals surface area (Å²) < 4.78 is 5.47. The summed E-state index contributed by atoms with van der Waals surface area (Å²) in [5.74, 6) is -4.62. The molecule has 3 heterocycles. The summed E-state index contributed by atoms with van der Waals surface area (Å²) in [5.41, 5.74) is 1.96. The lowest BCUT2D eigenvalue weighted by molar-refractivity contribution is -0.131. The summed E-state index contributed by atoms with van der Waals surface area (Å²) in [6.07, 6.45) is 2.52. The predicted molar refractivity (Wildman–Crippen MR) is 176 cm³/mol. The fraction of sp³-hybridized carbons (Fsp3) is 0.351. The van der Waals surface area contributed by atoms with Gasteiger partial charge in [-0.2, -0.15) is 0 Å². The number of benzene rings is 3. The minimum absolute atomic E-state index is 0.0442. The van der Waals surface area contributed by atoms with Gasteiger partial charge in [0.2, 0.25) is 23.6 Å². The highest BCUT2D eigenvalue weighted by Gasteiger charge is 2.68. The standard InChI is InChI=1S/C37H34ClN3O6/c1-37-29(34(44)41(36(37)46)23-5-3-2-4-6-23)20-27-25(32(37)28-19-21(38)7-14-30(28)42)12-13-26-31(27)35(45)40(33(26)43)24-10-8-22(9-11-24)39-15-17-47-18-16-39/h2-12,14,19,26-27,29,31-32,42H,13,15-18,20H2,1H3/t26-,27+,29-,31-,32+,37+/m0/s1. The minimum Gasteiger partial charge on any atom is -0.508 e. The van der Waals surface area contributed by atoms with E-state index in [9.17, 15) is 24.3 Å². The largest absolute Gasteiger partial charge is 0.508 e. The molecule has 3 aromatic rings. The molecule has 4 amide bonds. The average molecular weight is 652 g/mol. The van der Waals surface area contributed by atoms with Crippen LogP contribution >= 0.6 is 11.6 Å². The summed E-state index contributed by atoms with van der Waals surface area (Å²) in [6, 6.07) is 21.0. The van der Waals surface area contributed by atoms with E-state index in [1.54, 1.807) is 43.3 Å². The molecule has 5 aliphatic rings. The Morgan fingerprint density at radius 3 is 2.21 bits per heavy atom. The molecule has 3 aromatic carbocycles. The van der Waals surface area contributed by atoms with Crippen molar-refractivity contribution in [1.82, 2.24) is 0 Å². The zero-order valence-corrected chi connectivity index (χ0v) is 26.6. The lowest BCUT2D eigenvalue weighted by Gasteiger charge is -2.49. The summed E-state index contributed by atoms with van der Waals surface area (Å²) in [7, 11) is 0. The van der Waals surface area contributed by atoms with E-state index in [2.05, 4.69) is 4.90 Å². The molecule has 9 nitrogen and oxygen atoms in total. The van der Waals surface area contributed by atoms with E-state index in [4.69, 9.17) is 16.3 Å². The highest BCUT2D eigenvalue weighted by Crippen LogP contribution is 2.64. The second-order valence-corrected chi connectivity index (χ2v) is 13.8. The zero-order valence-electron chi connectivity index (χ0n) is 25.8. The molecule has 8 rings (SSSR count). The number of phenols is 1. The topological polar surface area (TPSA) is 107 Å². The van der Waals surface area contributed by atoms with E-state index in [1.807, 2.05) is 36.4 Å². The zero-order chi connectivity index (χ0) is 32.6. The molecule has 1 saturated carbocycles. The van der Waals surface area contributed by atoms with Gasteiger partial charge in [-0.1, -0.05) is 41.4 Å². The first-order valence-corrected chi connectivity index (χ1v) is 16.5. The number of carbonyl (C=O) groups is 4. The van der Waals surface area contributed by atoms with Gasteiger partial charge in [0.1, 0.15) is 5.75 Å². The Hall–Kier alpha value is -4.47. The van der Waals surface area contributed by atoms with E-state index in [1.165, 1.54) is 15.9 Å². The molecule has 6 atom stereocenters. The predicted octanol–water partition coefficient (Wildman–Crippen LogP) is 5.32. The number of imide groups is 2. The minimum atomic E-state index is -1.26. The molecule has 240 valence electrons. The SMILES string of the molecule is C[C@@]12C(=O)N(c3ccccc3)C(=O)[C@@H]1C[C@@H]1C(=CC[C@@H]3C(=O)N(c4ccc(N5CCOCC5)cc4)C(=O)[C@@H]31)[C@@H]2c1cc(Cl)ccc1O. The van der Waals surface area contributed by atoms with Crippen molar-refractivity contribution >= 4 is 52.3 Å². The molecule has 0 aromatic heterocycles. The fourth-order valence-electron chi connectivity index (χ4n) is 8.83. The molecule has 0 bridgehead atoms. The van der Waals surface area contributed by atoms with E-state index in [-0.39, 0.29) is 35.8 Å².